The lowest BCUT2D eigenvalue weighted by Crippen LogP contribution is -2.29. The summed E-state index contributed by atoms with van der Waals surface area (Å²) in [6, 6.07) is 8.84. The third-order valence-corrected chi connectivity index (χ3v) is 4.71. The zero-order chi connectivity index (χ0) is 18.8. The van der Waals surface area contributed by atoms with Crippen LogP contribution in [0.5, 0.6) is 0 Å². The molecule has 0 unspecified atom stereocenters. The van der Waals surface area contributed by atoms with E-state index in [9.17, 15) is 9.59 Å². The van der Waals surface area contributed by atoms with Gasteiger partial charge in [0.15, 0.2) is 5.65 Å². The Bertz CT molecular complexity index is 1030. The van der Waals surface area contributed by atoms with E-state index in [-0.39, 0.29) is 6.54 Å². The van der Waals surface area contributed by atoms with Gasteiger partial charge in [0.1, 0.15) is 11.6 Å². The van der Waals surface area contributed by atoms with E-state index in [2.05, 4.69) is 15.5 Å². The monoisotopic (exact) mass is 391 g/mol. The standard InChI is InChI=1S/C17H18ClN5O2S/c1-10(2)26-16-7-6-14-20-22(17(25)23(14)21-16)9-15(24)19-13-5-4-11(3)8-12(13)18/h4-8,10H,9H2,1-3H3,(H,19,24). The van der Waals surface area contributed by atoms with Gasteiger partial charge in [0.2, 0.25) is 5.91 Å². The summed E-state index contributed by atoms with van der Waals surface area (Å²) in [5.41, 5.74) is 1.42. The van der Waals surface area contributed by atoms with Crippen LogP contribution in [0.2, 0.25) is 5.02 Å². The maximum Gasteiger partial charge on any atom is 0.367 e. The highest BCUT2D eigenvalue weighted by molar-refractivity contribution is 7.99. The first kappa shape index (κ1) is 18.5. The van der Waals surface area contributed by atoms with Crippen molar-refractivity contribution in [3.63, 3.8) is 0 Å². The molecule has 3 aromatic rings. The number of benzene rings is 1. The Morgan fingerprint density at radius 3 is 2.73 bits per heavy atom. The number of rotatable bonds is 5. The molecule has 3 rings (SSSR count). The van der Waals surface area contributed by atoms with E-state index < -0.39 is 11.6 Å². The summed E-state index contributed by atoms with van der Waals surface area (Å²) >= 11 is 7.66. The molecule has 2 aromatic heterocycles. The third kappa shape index (κ3) is 4.08. The number of aryl methyl sites for hydroxylation is 1. The second-order valence-electron chi connectivity index (χ2n) is 6.08. The zero-order valence-electron chi connectivity index (χ0n) is 14.6. The van der Waals surface area contributed by atoms with Crippen LogP contribution >= 0.6 is 23.4 Å². The number of carbonyl (C=O) groups excluding carboxylic acids is 1. The van der Waals surface area contributed by atoms with Crippen LogP contribution in [0.3, 0.4) is 0 Å². The Hall–Kier alpha value is -2.32. The number of hydrogen-bond acceptors (Lipinski definition) is 5. The number of carbonyl (C=O) groups is 1. The second-order valence-corrected chi connectivity index (χ2v) is 8.08. The quantitative estimate of drug-likeness (QED) is 0.676. The van der Waals surface area contributed by atoms with Gasteiger partial charge < -0.3 is 5.32 Å². The molecule has 0 saturated carbocycles. The van der Waals surface area contributed by atoms with Crippen LogP contribution in [0.15, 0.2) is 40.2 Å². The first-order valence-electron chi connectivity index (χ1n) is 8.03. The zero-order valence-corrected chi connectivity index (χ0v) is 16.1. The predicted octanol–water partition coefficient (Wildman–Crippen LogP) is 2.99. The fourth-order valence-electron chi connectivity index (χ4n) is 2.35. The number of halogens is 1. The summed E-state index contributed by atoms with van der Waals surface area (Å²) in [4.78, 5) is 24.7. The lowest BCUT2D eigenvalue weighted by Gasteiger charge is -2.07. The summed E-state index contributed by atoms with van der Waals surface area (Å²) in [5, 5.41) is 12.6. The van der Waals surface area contributed by atoms with Crippen LogP contribution in [-0.4, -0.2) is 30.6 Å². The van der Waals surface area contributed by atoms with Crippen molar-refractivity contribution in [3.8, 4) is 0 Å². The number of fused-ring (bicyclic) bond motifs is 1. The van der Waals surface area contributed by atoms with Gasteiger partial charge >= 0.3 is 5.69 Å². The molecule has 0 aliphatic heterocycles. The van der Waals surface area contributed by atoms with Gasteiger partial charge in [0.25, 0.3) is 0 Å². The first-order chi connectivity index (χ1) is 12.3. The molecule has 26 heavy (non-hydrogen) atoms. The molecule has 136 valence electrons. The summed E-state index contributed by atoms with van der Waals surface area (Å²) in [6.07, 6.45) is 0. The fraction of sp³-hybridized carbons (Fsp3) is 0.294. The van der Waals surface area contributed by atoms with E-state index in [1.54, 1.807) is 30.0 Å². The largest absolute Gasteiger partial charge is 0.367 e. The van der Waals surface area contributed by atoms with Crippen molar-refractivity contribution in [3.05, 3.63) is 51.4 Å². The lowest BCUT2D eigenvalue weighted by molar-refractivity contribution is -0.117. The molecular weight excluding hydrogens is 374 g/mol. The summed E-state index contributed by atoms with van der Waals surface area (Å²) < 4.78 is 2.29. The van der Waals surface area contributed by atoms with E-state index >= 15 is 0 Å². The van der Waals surface area contributed by atoms with Crippen LogP contribution in [0.4, 0.5) is 5.69 Å². The lowest BCUT2D eigenvalue weighted by atomic mass is 10.2. The minimum atomic E-state index is -0.462. The number of hydrogen-bond donors (Lipinski definition) is 1. The molecule has 2 heterocycles. The van der Waals surface area contributed by atoms with Gasteiger partial charge in [0, 0.05) is 5.25 Å². The van der Waals surface area contributed by atoms with Gasteiger partial charge in [-0.2, -0.15) is 9.61 Å². The SMILES string of the molecule is Cc1ccc(NC(=O)Cn2nc3ccc(SC(C)C)nn3c2=O)c(Cl)c1. The van der Waals surface area contributed by atoms with Gasteiger partial charge in [0.05, 0.1) is 10.7 Å². The van der Waals surface area contributed by atoms with Gasteiger partial charge in [-0.3, -0.25) is 4.79 Å². The predicted molar refractivity (Wildman–Crippen MR) is 103 cm³/mol. The highest BCUT2D eigenvalue weighted by atomic mass is 35.5. The average molecular weight is 392 g/mol. The molecule has 7 nitrogen and oxygen atoms in total. The number of thioether (sulfide) groups is 1. The minimum Gasteiger partial charge on any atom is -0.323 e. The molecule has 0 atom stereocenters. The van der Waals surface area contributed by atoms with Gasteiger partial charge in [-0.05, 0) is 36.8 Å². The topological polar surface area (TPSA) is 81.3 Å². The maximum absolute atomic E-state index is 12.5. The van der Waals surface area contributed by atoms with Crippen molar-refractivity contribution in [2.24, 2.45) is 0 Å². The molecule has 0 radical (unpaired) electrons. The van der Waals surface area contributed by atoms with Crippen molar-refractivity contribution >= 4 is 40.6 Å². The number of nitrogens with zero attached hydrogens (tertiary/aromatic N) is 4. The van der Waals surface area contributed by atoms with Crippen LogP contribution in [-0.2, 0) is 11.3 Å². The third-order valence-electron chi connectivity index (χ3n) is 3.46. The van der Waals surface area contributed by atoms with Crippen LogP contribution in [0.1, 0.15) is 19.4 Å². The Morgan fingerprint density at radius 1 is 1.27 bits per heavy atom. The van der Waals surface area contributed by atoms with Crippen molar-refractivity contribution in [1.29, 1.82) is 0 Å². The van der Waals surface area contributed by atoms with Crippen LogP contribution in [0, 0.1) is 6.92 Å². The van der Waals surface area contributed by atoms with Crippen molar-refractivity contribution in [2.45, 2.75) is 37.6 Å². The van der Waals surface area contributed by atoms with E-state index in [4.69, 9.17) is 11.6 Å². The van der Waals surface area contributed by atoms with Crippen molar-refractivity contribution < 1.29 is 4.79 Å². The molecule has 0 aliphatic carbocycles. The van der Waals surface area contributed by atoms with Gasteiger partial charge in [-0.1, -0.05) is 31.5 Å². The Morgan fingerprint density at radius 2 is 2.04 bits per heavy atom. The smallest absolute Gasteiger partial charge is 0.323 e. The molecule has 0 saturated heterocycles. The first-order valence-corrected chi connectivity index (χ1v) is 9.29. The molecule has 0 spiro atoms. The Labute approximate surface area is 159 Å². The molecule has 9 heteroatoms. The van der Waals surface area contributed by atoms with Crippen LogP contribution < -0.4 is 11.0 Å². The van der Waals surface area contributed by atoms with E-state index in [0.29, 0.717) is 21.6 Å². The van der Waals surface area contributed by atoms with E-state index in [0.717, 1.165) is 15.3 Å². The summed E-state index contributed by atoms with van der Waals surface area (Å²) in [6.45, 7) is 5.78. The average Bonchev–Trinajstić information content (AvgIpc) is 2.86. The molecular formula is C17H18ClN5O2S. The maximum atomic E-state index is 12.5. The van der Waals surface area contributed by atoms with Crippen LogP contribution in [0.25, 0.3) is 5.65 Å². The normalized spacial score (nSPS) is 11.3. The molecule has 1 aromatic carbocycles. The highest BCUT2D eigenvalue weighted by Gasteiger charge is 2.14. The Balaban J connectivity index is 1.80. The van der Waals surface area contributed by atoms with E-state index in [1.165, 1.54) is 4.52 Å². The van der Waals surface area contributed by atoms with Crippen molar-refractivity contribution in [2.75, 3.05) is 5.32 Å². The van der Waals surface area contributed by atoms with Crippen molar-refractivity contribution in [1.82, 2.24) is 19.4 Å². The number of anilines is 1. The summed E-state index contributed by atoms with van der Waals surface area (Å²) in [7, 11) is 0. The van der Waals surface area contributed by atoms with E-state index in [1.807, 2.05) is 32.9 Å². The number of aromatic nitrogens is 4. The van der Waals surface area contributed by atoms with Gasteiger partial charge in [-0.15, -0.1) is 16.9 Å². The summed E-state index contributed by atoms with van der Waals surface area (Å²) in [5.74, 6) is -0.391. The molecule has 0 fully saturated rings. The highest BCUT2D eigenvalue weighted by Crippen LogP contribution is 2.22. The molecule has 0 aliphatic rings. The molecule has 1 N–H and O–H groups in total. The second kappa shape index (κ2) is 7.51. The van der Waals surface area contributed by atoms with Gasteiger partial charge in [-0.25, -0.2) is 9.48 Å². The fourth-order valence-corrected chi connectivity index (χ4v) is 3.39. The Kier molecular flexibility index (Phi) is 5.33. The minimum absolute atomic E-state index is 0.223. The number of amides is 1. The number of nitrogens with one attached hydrogen (secondary N) is 1. The molecule has 1 amide bonds. The molecule has 0 bridgehead atoms.